The Kier molecular flexibility index (Phi) is 4.36. The Hall–Kier alpha value is -1.81. The molecule has 0 saturated heterocycles. The van der Waals surface area contributed by atoms with E-state index in [0.717, 1.165) is 16.3 Å². The molecule has 0 unspecified atom stereocenters. The topological polar surface area (TPSA) is 43.2 Å². The molecule has 0 fully saturated rings. The lowest BCUT2D eigenvalue weighted by Crippen LogP contribution is -2.20. The summed E-state index contributed by atoms with van der Waals surface area (Å²) in [5, 5.41) is 2.84. The van der Waals surface area contributed by atoms with Crippen LogP contribution in [0.1, 0.15) is 5.56 Å². The minimum atomic E-state index is -0.00861. The summed E-state index contributed by atoms with van der Waals surface area (Å²) < 4.78 is 0. The maximum absolute atomic E-state index is 11.7. The third-order valence-electron chi connectivity index (χ3n) is 2.34. The molecule has 3 nitrogen and oxygen atoms in total. The van der Waals surface area contributed by atoms with Gasteiger partial charge in [0.2, 0.25) is 0 Å². The highest BCUT2D eigenvalue weighted by Gasteiger charge is 2.10. The molecule has 92 valence electrons. The second kappa shape index (κ2) is 6.21. The highest BCUT2D eigenvalue weighted by Crippen LogP contribution is 2.16. The molecule has 0 aliphatic carbocycles. The number of anilines is 1. The van der Waals surface area contributed by atoms with Gasteiger partial charge in [-0.1, -0.05) is 18.2 Å². The zero-order valence-corrected chi connectivity index (χ0v) is 11.0. The van der Waals surface area contributed by atoms with Gasteiger partial charge >= 0.3 is 5.91 Å². The van der Waals surface area contributed by atoms with Crippen LogP contribution in [0.4, 0.5) is 5.82 Å². The van der Waals surface area contributed by atoms with Crippen LogP contribution in [0.2, 0.25) is 0 Å². The normalized spacial score (nSPS) is 10.1. The molecule has 2 N–H and O–H groups in total. The van der Waals surface area contributed by atoms with Crippen LogP contribution in [0.3, 0.4) is 0 Å². The number of aromatic amines is 1. The maximum atomic E-state index is 11.7. The van der Waals surface area contributed by atoms with Crippen LogP contribution >= 0.6 is 11.8 Å². The first-order valence-electron chi connectivity index (χ1n) is 5.70. The Morgan fingerprint density at radius 1 is 1.28 bits per heavy atom. The quantitative estimate of drug-likeness (QED) is 0.857. The SMILES string of the molecule is Cc1cc[nH+]c(NC(=O)CSc2ccccc2)c1. The lowest BCUT2D eigenvalue weighted by Gasteiger charge is -1.99. The van der Waals surface area contributed by atoms with Crippen molar-refractivity contribution in [3.8, 4) is 0 Å². The summed E-state index contributed by atoms with van der Waals surface area (Å²) in [5.74, 6) is 1.13. The Balaban J connectivity index is 1.86. The minimum absolute atomic E-state index is 0.00861. The molecule has 18 heavy (non-hydrogen) atoms. The third-order valence-corrected chi connectivity index (χ3v) is 3.36. The van der Waals surface area contributed by atoms with Gasteiger partial charge < -0.3 is 0 Å². The molecule has 2 rings (SSSR count). The van der Waals surface area contributed by atoms with Gasteiger partial charge in [-0.15, -0.1) is 11.8 Å². The molecule has 0 bridgehead atoms. The molecule has 0 aliphatic heterocycles. The Morgan fingerprint density at radius 3 is 2.78 bits per heavy atom. The number of H-pyrrole nitrogens is 1. The number of thioether (sulfide) groups is 1. The van der Waals surface area contributed by atoms with E-state index in [4.69, 9.17) is 0 Å². The predicted octanol–water partition coefficient (Wildman–Crippen LogP) is 2.54. The fourth-order valence-electron chi connectivity index (χ4n) is 1.50. The van der Waals surface area contributed by atoms with Crippen molar-refractivity contribution in [2.24, 2.45) is 0 Å². The smallest absolute Gasteiger partial charge is 0.247 e. The van der Waals surface area contributed by atoms with Crippen molar-refractivity contribution in [3.05, 3.63) is 54.2 Å². The van der Waals surface area contributed by atoms with Crippen LogP contribution in [0, 0.1) is 6.92 Å². The predicted molar refractivity (Wildman–Crippen MR) is 73.5 cm³/mol. The second-order valence-corrected chi connectivity index (χ2v) is 4.98. The van der Waals surface area contributed by atoms with E-state index in [-0.39, 0.29) is 5.91 Å². The lowest BCUT2D eigenvalue weighted by atomic mass is 10.3. The number of carbonyl (C=O) groups is 1. The van der Waals surface area contributed by atoms with Crippen LogP contribution in [-0.2, 0) is 4.79 Å². The number of nitrogens with one attached hydrogen (secondary N) is 2. The third kappa shape index (κ3) is 3.89. The molecule has 0 spiro atoms. The van der Waals surface area contributed by atoms with Crippen molar-refractivity contribution in [1.29, 1.82) is 0 Å². The zero-order chi connectivity index (χ0) is 12.8. The first-order chi connectivity index (χ1) is 8.74. The number of carbonyl (C=O) groups excluding carboxylic acids is 1. The monoisotopic (exact) mass is 259 g/mol. The van der Waals surface area contributed by atoms with Crippen LogP contribution in [-0.4, -0.2) is 11.7 Å². The van der Waals surface area contributed by atoms with Crippen molar-refractivity contribution in [1.82, 2.24) is 0 Å². The number of hydrogen-bond donors (Lipinski definition) is 1. The van der Waals surface area contributed by atoms with Gasteiger partial charge in [0.15, 0.2) is 0 Å². The zero-order valence-electron chi connectivity index (χ0n) is 10.1. The first-order valence-corrected chi connectivity index (χ1v) is 6.68. The van der Waals surface area contributed by atoms with E-state index in [0.29, 0.717) is 5.75 Å². The van der Waals surface area contributed by atoms with E-state index >= 15 is 0 Å². The molecule has 0 saturated carbocycles. The van der Waals surface area contributed by atoms with Gasteiger partial charge in [0.05, 0.1) is 6.20 Å². The van der Waals surface area contributed by atoms with Gasteiger partial charge in [-0.25, -0.2) is 15.1 Å². The van der Waals surface area contributed by atoms with Gasteiger partial charge in [0, 0.05) is 11.0 Å². The Morgan fingerprint density at radius 2 is 2.06 bits per heavy atom. The minimum Gasteiger partial charge on any atom is -0.247 e. The molecule has 2 aromatic rings. The average Bonchev–Trinajstić information content (AvgIpc) is 2.38. The molecule has 4 heteroatoms. The average molecular weight is 259 g/mol. The van der Waals surface area contributed by atoms with Crippen LogP contribution < -0.4 is 10.3 Å². The van der Waals surface area contributed by atoms with Crippen molar-refractivity contribution in [3.63, 3.8) is 0 Å². The molecule has 0 aliphatic rings. The van der Waals surface area contributed by atoms with Crippen LogP contribution in [0.15, 0.2) is 53.6 Å². The summed E-state index contributed by atoms with van der Waals surface area (Å²) >= 11 is 1.53. The van der Waals surface area contributed by atoms with E-state index < -0.39 is 0 Å². The van der Waals surface area contributed by atoms with E-state index in [1.54, 1.807) is 0 Å². The van der Waals surface area contributed by atoms with E-state index in [2.05, 4.69) is 10.3 Å². The van der Waals surface area contributed by atoms with Crippen molar-refractivity contribution < 1.29 is 9.78 Å². The molecule has 1 aromatic carbocycles. The number of aromatic nitrogens is 1. The van der Waals surface area contributed by atoms with Gasteiger partial charge in [0.1, 0.15) is 5.75 Å². The number of aryl methyl sites for hydroxylation is 1. The fraction of sp³-hybridized carbons (Fsp3) is 0.143. The van der Waals surface area contributed by atoms with Crippen molar-refractivity contribution in [2.45, 2.75) is 11.8 Å². The number of pyridine rings is 1. The summed E-state index contributed by atoms with van der Waals surface area (Å²) in [7, 11) is 0. The van der Waals surface area contributed by atoms with Gasteiger partial charge in [-0.2, -0.15) is 0 Å². The number of benzene rings is 1. The largest absolute Gasteiger partial charge is 0.317 e. The number of amides is 1. The summed E-state index contributed by atoms with van der Waals surface area (Å²) in [4.78, 5) is 15.8. The Labute approximate surface area is 111 Å². The number of rotatable bonds is 4. The van der Waals surface area contributed by atoms with E-state index in [1.807, 2.05) is 55.6 Å². The fourth-order valence-corrected chi connectivity index (χ4v) is 2.22. The van der Waals surface area contributed by atoms with Crippen molar-refractivity contribution >= 4 is 23.5 Å². The summed E-state index contributed by atoms with van der Waals surface area (Å²) in [6, 6.07) is 13.8. The second-order valence-electron chi connectivity index (χ2n) is 3.93. The molecule has 1 amide bonds. The highest BCUT2D eigenvalue weighted by molar-refractivity contribution is 8.00. The molecule has 0 radical (unpaired) electrons. The summed E-state index contributed by atoms with van der Waals surface area (Å²) in [5.41, 5.74) is 1.11. The highest BCUT2D eigenvalue weighted by atomic mass is 32.2. The van der Waals surface area contributed by atoms with Gasteiger partial charge in [-0.05, 0) is 30.7 Å². The van der Waals surface area contributed by atoms with Crippen LogP contribution in [0.5, 0.6) is 0 Å². The van der Waals surface area contributed by atoms with E-state index in [9.17, 15) is 4.79 Å². The molecule has 0 atom stereocenters. The standard InChI is InChI=1S/C14H14N2OS/c1-11-7-8-15-13(9-11)16-14(17)10-18-12-5-3-2-4-6-12/h2-9H,10H2,1H3,(H,15,16,17)/p+1. The molecule has 1 aromatic heterocycles. The van der Waals surface area contributed by atoms with Crippen molar-refractivity contribution in [2.75, 3.05) is 11.1 Å². The first kappa shape index (κ1) is 12.6. The van der Waals surface area contributed by atoms with Gasteiger partial charge in [-0.3, -0.25) is 0 Å². The summed E-state index contributed by atoms with van der Waals surface area (Å²) in [6.07, 6.45) is 1.81. The van der Waals surface area contributed by atoms with Crippen LogP contribution in [0.25, 0.3) is 0 Å². The maximum Gasteiger partial charge on any atom is 0.317 e. The summed E-state index contributed by atoms with van der Waals surface area (Å²) in [6.45, 7) is 1.99. The lowest BCUT2D eigenvalue weighted by molar-refractivity contribution is -0.360. The molecule has 1 heterocycles. The molecular weight excluding hydrogens is 244 g/mol. The molecular formula is C14H15N2OS+. The van der Waals surface area contributed by atoms with Gasteiger partial charge in [0.25, 0.3) is 5.82 Å². The Bertz CT molecular complexity index is 528. The number of hydrogen-bond acceptors (Lipinski definition) is 2. The van der Waals surface area contributed by atoms with E-state index in [1.165, 1.54) is 11.8 Å².